The van der Waals surface area contributed by atoms with Gasteiger partial charge in [-0.3, -0.25) is 14.4 Å². The molecular weight excluding hydrogens is 618 g/mol. The van der Waals surface area contributed by atoms with E-state index in [1.807, 2.05) is 43.4 Å². The molecule has 258 valence electrons. The molecule has 1 aromatic heterocycles. The predicted molar refractivity (Wildman–Crippen MR) is 182 cm³/mol. The van der Waals surface area contributed by atoms with Gasteiger partial charge in [-0.15, -0.1) is 0 Å². The number of amides is 3. The molecule has 2 heterocycles. The number of hydrogen-bond donors (Lipinski definition) is 2. The first-order chi connectivity index (χ1) is 22.5. The Hall–Kier alpha value is -4.92. The Morgan fingerprint density at radius 1 is 1.10 bits per heavy atom. The van der Waals surface area contributed by atoms with E-state index in [-0.39, 0.29) is 42.0 Å². The summed E-state index contributed by atoms with van der Waals surface area (Å²) in [5.41, 5.74) is 1.48. The normalized spacial score (nSPS) is 16.0. The smallest absolute Gasteiger partial charge is 0.270 e. The highest BCUT2D eigenvalue weighted by molar-refractivity contribution is 5.98. The van der Waals surface area contributed by atoms with Gasteiger partial charge in [0.1, 0.15) is 35.7 Å². The van der Waals surface area contributed by atoms with E-state index in [0.29, 0.717) is 17.8 Å². The number of carbonyl (C=O) groups excluding carboxylic acids is 4. The fraction of sp³-hybridized carbons (Fsp3) is 0.444. The molecule has 1 aliphatic rings. The van der Waals surface area contributed by atoms with Crippen molar-refractivity contribution >= 4 is 40.6 Å². The van der Waals surface area contributed by atoms with Crippen molar-refractivity contribution in [3.8, 4) is 6.07 Å². The number of nitriles is 1. The van der Waals surface area contributed by atoms with Crippen LogP contribution in [-0.4, -0.2) is 78.1 Å². The highest BCUT2D eigenvalue weighted by atomic mass is 19.1. The van der Waals surface area contributed by atoms with Crippen LogP contribution in [0.2, 0.25) is 0 Å². The van der Waals surface area contributed by atoms with E-state index in [4.69, 9.17) is 0 Å². The molecule has 0 spiro atoms. The quantitative estimate of drug-likeness (QED) is 0.306. The Bertz CT molecular complexity index is 1600. The predicted octanol–water partition coefficient (Wildman–Crippen LogP) is 5.45. The Morgan fingerprint density at radius 2 is 1.73 bits per heavy atom. The van der Waals surface area contributed by atoms with Gasteiger partial charge in [-0.05, 0) is 42.0 Å². The molecule has 3 atom stereocenters. The van der Waals surface area contributed by atoms with Crippen LogP contribution in [0.4, 0.5) is 14.5 Å². The summed E-state index contributed by atoms with van der Waals surface area (Å²) >= 11 is 0. The molecule has 0 saturated carbocycles. The van der Waals surface area contributed by atoms with Crippen LogP contribution in [-0.2, 0) is 14.4 Å². The van der Waals surface area contributed by atoms with Gasteiger partial charge in [0.2, 0.25) is 11.8 Å². The summed E-state index contributed by atoms with van der Waals surface area (Å²) in [6.07, 6.45) is 0.959. The van der Waals surface area contributed by atoms with Gasteiger partial charge in [0.25, 0.3) is 5.91 Å². The van der Waals surface area contributed by atoms with Crippen molar-refractivity contribution in [1.82, 2.24) is 20.1 Å². The lowest BCUT2D eigenvalue weighted by Gasteiger charge is -2.28. The van der Waals surface area contributed by atoms with E-state index in [0.717, 1.165) is 16.7 Å². The number of pyridine rings is 1. The fourth-order valence-electron chi connectivity index (χ4n) is 4.59. The van der Waals surface area contributed by atoms with Crippen molar-refractivity contribution in [2.75, 3.05) is 32.5 Å². The fourth-order valence-corrected chi connectivity index (χ4v) is 4.59. The number of hydrogen-bond acceptors (Lipinski definition) is 7. The number of likely N-dealkylation sites (tertiary alicyclic amines) is 1. The van der Waals surface area contributed by atoms with Crippen molar-refractivity contribution < 1.29 is 28.0 Å². The van der Waals surface area contributed by atoms with Crippen LogP contribution in [0.3, 0.4) is 0 Å². The summed E-state index contributed by atoms with van der Waals surface area (Å²) in [4.78, 5) is 56.1. The lowest BCUT2D eigenvalue weighted by Crippen LogP contribution is -2.52. The van der Waals surface area contributed by atoms with E-state index < -0.39 is 47.4 Å². The molecule has 0 bridgehead atoms. The minimum Gasteiger partial charge on any atom is -0.388 e. The summed E-state index contributed by atoms with van der Waals surface area (Å²) in [6.45, 7) is 11.9. The molecule has 0 radical (unpaired) electrons. The number of nitrogens with one attached hydrogen (secondary N) is 2. The summed E-state index contributed by atoms with van der Waals surface area (Å²) in [5, 5.41) is 14.9. The van der Waals surface area contributed by atoms with E-state index >= 15 is 0 Å². The van der Waals surface area contributed by atoms with Gasteiger partial charge in [-0.1, -0.05) is 59.7 Å². The third kappa shape index (κ3) is 12.0. The maximum absolute atomic E-state index is 13.9. The van der Waals surface area contributed by atoms with Crippen LogP contribution in [0.5, 0.6) is 0 Å². The molecule has 1 fully saturated rings. The molecule has 3 aromatic rings. The Morgan fingerprint density at radius 3 is 2.25 bits per heavy atom. The van der Waals surface area contributed by atoms with Crippen LogP contribution in [0.1, 0.15) is 58.5 Å². The second-order valence-electron chi connectivity index (χ2n) is 13.5. The van der Waals surface area contributed by atoms with E-state index in [9.17, 15) is 33.2 Å². The SMILES string of the molecule is CC(C)(C)C.CC(C)C(NC(=O)c1ccc2c(F)cc(F)cc2n1)C(=O)N(C)CC(=O)N1CC(C=O)CC1C#N.CNc1ccccc1. The molecule has 4 rings (SSSR count). The van der Waals surface area contributed by atoms with Gasteiger partial charge >= 0.3 is 0 Å². The number of para-hydroxylation sites is 1. The molecule has 2 aromatic carbocycles. The highest BCUT2D eigenvalue weighted by Gasteiger charge is 2.36. The van der Waals surface area contributed by atoms with E-state index in [1.165, 1.54) is 24.1 Å². The number of nitrogens with zero attached hydrogens (tertiary/aromatic N) is 4. The number of aldehydes is 1. The lowest BCUT2D eigenvalue weighted by atomic mass is 10.0. The van der Waals surface area contributed by atoms with Gasteiger partial charge in [0, 0.05) is 49.8 Å². The Balaban J connectivity index is 0.000000513. The zero-order valence-electron chi connectivity index (χ0n) is 28.9. The van der Waals surface area contributed by atoms with Gasteiger partial charge in [0.15, 0.2) is 0 Å². The maximum Gasteiger partial charge on any atom is 0.270 e. The second kappa shape index (κ2) is 17.8. The highest BCUT2D eigenvalue weighted by Crippen LogP contribution is 2.22. The van der Waals surface area contributed by atoms with Gasteiger partial charge in [-0.25, -0.2) is 13.8 Å². The van der Waals surface area contributed by atoms with Crippen LogP contribution in [0.15, 0.2) is 54.6 Å². The number of halogens is 2. The van der Waals surface area contributed by atoms with Gasteiger partial charge < -0.3 is 25.2 Å². The van der Waals surface area contributed by atoms with Gasteiger partial charge in [-0.2, -0.15) is 5.26 Å². The third-order valence-electron chi connectivity index (χ3n) is 6.98. The van der Waals surface area contributed by atoms with Crippen molar-refractivity contribution in [3.63, 3.8) is 0 Å². The zero-order chi connectivity index (χ0) is 36.2. The summed E-state index contributed by atoms with van der Waals surface area (Å²) in [6, 6.07) is 14.6. The number of benzene rings is 2. The third-order valence-corrected chi connectivity index (χ3v) is 6.98. The first-order valence-electron chi connectivity index (χ1n) is 15.7. The molecule has 12 heteroatoms. The first-order valence-corrected chi connectivity index (χ1v) is 15.7. The van der Waals surface area contributed by atoms with Gasteiger partial charge in [0.05, 0.1) is 18.1 Å². The average Bonchev–Trinajstić information content (AvgIpc) is 3.46. The number of fused-ring (bicyclic) bond motifs is 1. The first kappa shape index (κ1) is 39.3. The van der Waals surface area contributed by atoms with Crippen LogP contribution >= 0.6 is 0 Å². The Labute approximate surface area is 281 Å². The van der Waals surface area contributed by atoms with Crippen LogP contribution in [0.25, 0.3) is 10.9 Å². The largest absolute Gasteiger partial charge is 0.388 e. The molecule has 48 heavy (non-hydrogen) atoms. The summed E-state index contributed by atoms with van der Waals surface area (Å²) < 4.78 is 27.4. The molecule has 0 aliphatic carbocycles. The maximum atomic E-state index is 13.9. The van der Waals surface area contributed by atoms with Crippen molar-refractivity contribution in [3.05, 3.63) is 71.9 Å². The van der Waals surface area contributed by atoms with Crippen LogP contribution < -0.4 is 10.6 Å². The van der Waals surface area contributed by atoms with E-state index in [1.54, 1.807) is 13.8 Å². The minimum atomic E-state index is -1.02. The molecule has 1 saturated heterocycles. The average molecular weight is 665 g/mol. The second-order valence-corrected chi connectivity index (χ2v) is 13.5. The zero-order valence-corrected chi connectivity index (χ0v) is 28.9. The standard InChI is InChI=1S/C24H25F2N5O4.C7H9N.C5H12/c1-13(2)22(24(35)30(3)11-21(33)31-10-14(12-32)6-16(31)9-27)29-23(34)19-5-4-17-18(26)7-15(25)8-20(17)28-19;1-8-7-5-3-2-4-6-7;1-5(2,3)4/h4-5,7-8,12-14,16,22H,6,10-11H2,1-3H3,(H,29,34);2-6,8H,1H3;1-4H3. The molecule has 1 aliphatic heterocycles. The lowest BCUT2D eigenvalue weighted by molar-refractivity contribution is -0.141. The molecule has 2 N–H and O–H groups in total. The Kier molecular flexibility index (Phi) is 14.6. The number of likely N-dealkylation sites (N-methyl/N-ethyl adjacent to an activating group) is 1. The number of rotatable bonds is 8. The molecular formula is C36H46F2N6O4. The molecule has 3 unspecified atom stereocenters. The number of carbonyl (C=O) groups is 4. The van der Waals surface area contributed by atoms with Crippen molar-refractivity contribution in [1.29, 1.82) is 5.26 Å². The van der Waals surface area contributed by atoms with Crippen molar-refractivity contribution in [2.45, 2.75) is 60.0 Å². The van der Waals surface area contributed by atoms with Crippen molar-refractivity contribution in [2.24, 2.45) is 17.3 Å². The molecule has 3 amide bonds. The summed E-state index contributed by atoms with van der Waals surface area (Å²) in [7, 11) is 3.31. The summed E-state index contributed by atoms with van der Waals surface area (Å²) in [5.74, 6) is -4.18. The molecule has 10 nitrogen and oxygen atoms in total. The number of aromatic nitrogens is 1. The monoisotopic (exact) mass is 664 g/mol. The van der Waals surface area contributed by atoms with Crippen LogP contribution in [0, 0.1) is 40.2 Å². The van der Waals surface area contributed by atoms with E-state index in [2.05, 4.69) is 43.3 Å². The number of anilines is 1. The minimum absolute atomic E-state index is 0.0448. The topological polar surface area (TPSA) is 136 Å².